The molecule has 0 saturated carbocycles. The topological polar surface area (TPSA) is 32.3 Å². The molecule has 3 nitrogen and oxygen atoms in total. The van der Waals surface area contributed by atoms with Crippen molar-refractivity contribution in [2.24, 2.45) is 0 Å². The van der Waals surface area contributed by atoms with Gasteiger partial charge in [0.25, 0.3) is 0 Å². The summed E-state index contributed by atoms with van der Waals surface area (Å²) in [5.41, 5.74) is -0.437. The number of rotatable bonds is 2. The third kappa shape index (κ3) is 2.91. The summed E-state index contributed by atoms with van der Waals surface area (Å²) in [4.78, 5) is 12.7. The second-order valence-corrected chi connectivity index (χ2v) is 4.10. The maximum absolute atomic E-state index is 13.3. The Kier molecular flexibility index (Phi) is 4.23. The Bertz CT molecular complexity index is 389. The fourth-order valence-electron chi connectivity index (χ4n) is 1.01. The number of hydrogen-bond acceptors (Lipinski definition) is 1. The molecule has 0 radical (unpaired) electrons. The number of amides is 2. The zero-order valence-electron chi connectivity index (χ0n) is 8.85. The maximum atomic E-state index is 13.3. The SMILES string of the molecule is CCN(C)C(=O)Nc1c(F)cc(Br)cc1F. The van der Waals surface area contributed by atoms with E-state index >= 15 is 0 Å². The quantitative estimate of drug-likeness (QED) is 0.892. The van der Waals surface area contributed by atoms with E-state index in [1.807, 2.05) is 0 Å². The average molecular weight is 293 g/mol. The molecule has 0 aliphatic carbocycles. The van der Waals surface area contributed by atoms with Crippen molar-refractivity contribution < 1.29 is 13.6 Å². The lowest BCUT2D eigenvalue weighted by Gasteiger charge is -2.16. The molecule has 2 amide bonds. The summed E-state index contributed by atoms with van der Waals surface area (Å²) >= 11 is 2.95. The van der Waals surface area contributed by atoms with E-state index in [4.69, 9.17) is 0 Å². The predicted octanol–water partition coefficient (Wildman–Crippen LogP) is 3.21. The maximum Gasteiger partial charge on any atom is 0.321 e. The fraction of sp³-hybridized carbons (Fsp3) is 0.300. The van der Waals surface area contributed by atoms with Gasteiger partial charge in [-0.15, -0.1) is 0 Å². The Balaban J connectivity index is 2.93. The molecule has 0 unspecified atom stereocenters. The Hall–Kier alpha value is -1.17. The van der Waals surface area contributed by atoms with Gasteiger partial charge in [-0.2, -0.15) is 0 Å². The van der Waals surface area contributed by atoms with Crippen LogP contribution in [0.3, 0.4) is 0 Å². The molecule has 88 valence electrons. The number of urea groups is 1. The van der Waals surface area contributed by atoms with Crippen LogP contribution in [0.5, 0.6) is 0 Å². The van der Waals surface area contributed by atoms with Gasteiger partial charge in [0, 0.05) is 18.1 Å². The van der Waals surface area contributed by atoms with Gasteiger partial charge in [-0.3, -0.25) is 0 Å². The number of nitrogens with zero attached hydrogens (tertiary/aromatic N) is 1. The Labute approximate surface area is 101 Å². The molecule has 1 aromatic rings. The van der Waals surface area contributed by atoms with Crippen molar-refractivity contribution in [2.45, 2.75) is 6.92 Å². The van der Waals surface area contributed by atoms with Crippen molar-refractivity contribution in [3.05, 3.63) is 28.2 Å². The van der Waals surface area contributed by atoms with Gasteiger partial charge in [-0.1, -0.05) is 15.9 Å². The van der Waals surface area contributed by atoms with Crippen LogP contribution < -0.4 is 5.32 Å². The molecular formula is C10H11BrF2N2O. The monoisotopic (exact) mass is 292 g/mol. The van der Waals surface area contributed by atoms with Crippen LogP contribution in [0.25, 0.3) is 0 Å². The first-order valence-corrected chi connectivity index (χ1v) is 5.41. The van der Waals surface area contributed by atoms with Gasteiger partial charge in [0.1, 0.15) is 5.69 Å². The number of nitrogens with one attached hydrogen (secondary N) is 1. The van der Waals surface area contributed by atoms with Crippen LogP contribution in [0.15, 0.2) is 16.6 Å². The van der Waals surface area contributed by atoms with E-state index in [1.54, 1.807) is 6.92 Å². The number of benzene rings is 1. The highest BCUT2D eigenvalue weighted by Gasteiger charge is 2.15. The molecular weight excluding hydrogens is 282 g/mol. The summed E-state index contributed by atoms with van der Waals surface area (Å²) in [5.74, 6) is -1.63. The van der Waals surface area contributed by atoms with E-state index in [-0.39, 0.29) is 4.47 Å². The smallest absolute Gasteiger partial charge is 0.321 e. The summed E-state index contributed by atoms with van der Waals surface area (Å²) in [6, 6.07) is 1.62. The number of hydrogen-bond donors (Lipinski definition) is 1. The molecule has 0 saturated heterocycles. The van der Waals surface area contributed by atoms with Crippen molar-refractivity contribution in [3.63, 3.8) is 0 Å². The Morgan fingerprint density at radius 3 is 2.38 bits per heavy atom. The van der Waals surface area contributed by atoms with Crippen molar-refractivity contribution in [1.82, 2.24) is 4.90 Å². The minimum Gasteiger partial charge on any atom is -0.328 e. The second kappa shape index (κ2) is 5.25. The zero-order chi connectivity index (χ0) is 12.3. The van der Waals surface area contributed by atoms with Crippen LogP contribution >= 0.6 is 15.9 Å². The van der Waals surface area contributed by atoms with Crippen molar-refractivity contribution in [2.75, 3.05) is 18.9 Å². The van der Waals surface area contributed by atoms with Gasteiger partial charge in [0.2, 0.25) is 0 Å². The molecule has 6 heteroatoms. The molecule has 0 bridgehead atoms. The van der Waals surface area contributed by atoms with Crippen LogP contribution in [0.1, 0.15) is 6.92 Å². The molecule has 0 atom stereocenters. The highest BCUT2D eigenvalue weighted by atomic mass is 79.9. The molecule has 0 aliphatic rings. The normalized spacial score (nSPS) is 10.1. The Morgan fingerprint density at radius 2 is 1.94 bits per heavy atom. The van der Waals surface area contributed by atoms with E-state index < -0.39 is 23.4 Å². The molecule has 1 aromatic carbocycles. The first-order valence-electron chi connectivity index (χ1n) is 4.62. The third-order valence-corrected chi connectivity index (χ3v) is 2.52. The van der Waals surface area contributed by atoms with Crippen molar-refractivity contribution in [3.8, 4) is 0 Å². The Morgan fingerprint density at radius 1 is 1.44 bits per heavy atom. The van der Waals surface area contributed by atoms with Crippen LogP contribution in [0, 0.1) is 11.6 Å². The molecule has 0 aliphatic heterocycles. The van der Waals surface area contributed by atoms with Crippen molar-refractivity contribution >= 4 is 27.6 Å². The highest BCUT2D eigenvalue weighted by molar-refractivity contribution is 9.10. The van der Waals surface area contributed by atoms with E-state index in [0.29, 0.717) is 6.54 Å². The summed E-state index contributed by atoms with van der Waals surface area (Å²) in [5, 5.41) is 2.17. The lowest BCUT2D eigenvalue weighted by Crippen LogP contribution is -2.31. The molecule has 0 aromatic heterocycles. The zero-order valence-corrected chi connectivity index (χ0v) is 10.4. The lowest BCUT2D eigenvalue weighted by molar-refractivity contribution is 0.224. The van der Waals surface area contributed by atoms with Crippen LogP contribution in [-0.4, -0.2) is 24.5 Å². The first-order chi connectivity index (χ1) is 7.45. The summed E-state index contributed by atoms with van der Waals surface area (Å²) in [6.45, 7) is 2.21. The van der Waals surface area contributed by atoms with Gasteiger partial charge in [0.05, 0.1) is 0 Å². The molecule has 1 rings (SSSR count). The number of halogens is 3. The van der Waals surface area contributed by atoms with E-state index in [1.165, 1.54) is 11.9 Å². The average Bonchev–Trinajstić information content (AvgIpc) is 2.21. The lowest BCUT2D eigenvalue weighted by atomic mass is 10.3. The van der Waals surface area contributed by atoms with Crippen LogP contribution in [0.4, 0.5) is 19.3 Å². The van der Waals surface area contributed by atoms with Gasteiger partial charge in [-0.25, -0.2) is 13.6 Å². The molecule has 0 fully saturated rings. The van der Waals surface area contributed by atoms with Gasteiger partial charge in [-0.05, 0) is 19.1 Å². The standard InChI is InChI=1S/C10H11BrF2N2O/c1-3-15(2)10(16)14-9-7(12)4-6(11)5-8(9)13/h4-5H,3H2,1-2H3,(H,14,16). The summed E-state index contributed by atoms with van der Waals surface area (Å²) < 4.78 is 27.0. The first kappa shape index (κ1) is 12.9. The van der Waals surface area contributed by atoms with E-state index in [9.17, 15) is 13.6 Å². The molecule has 0 spiro atoms. The fourth-order valence-corrected chi connectivity index (χ4v) is 1.41. The minimum absolute atomic E-state index is 0.282. The third-order valence-electron chi connectivity index (χ3n) is 2.06. The molecule has 16 heavy (non-hydrogen) atoms. The van der Waals surface area contributed by atoms with E-state index in [2.05, 4.69) is 21.2 Å². The molecule has 1 N–H and O–H groups in total. The van der Waals surface area contributed by atoms with Crippen molar-refractivity contribution in [1.29, 1.82) is 0 Å². The summed E-state index contributed by atoms with van der Waals surface area (Å²) in [7, 11) is 1.53. The van der Waals surface area contributed by atoms with Crippen LogP contribution in [-0.2, 0) is 0 Å². The largest absolute Gasteiger partial charge is 0.328 e. The second-order valence-electron chi connectivity index (χ2n) is 3.19. The number of carbonyl (C=O) groups excluding carboxylic acids is 1. The van der Waals surface area contributed by atoms with Gasteiger partial charge < -0.3 is 10.2 Å². The van der Waals surface area contributed by atoms with E-state index in [0.717, 1.165) is 12.1 Å². The minimum atomic E-state index is -0.815. The number of carbonyl (C=O) groups is 1. The van der Waals surface area contributed by atoms with Crippen LogP contribution in [0.2, 0.25) is 0 Å². The predicted molar refractivity (Wildman–Crippen MR) is 61.4 cm³/mol. The molecule has 0 heterocycles. The van der Waals surface area contributed by atoms with Gasteiger partial charge in [0.15, 0.2) is 11.6 Å². The van der Waals surface area contributed by atoms with Gasteiger partial charge >= 0.3 is 6.03 Å². The number of anilines is 1. The highest BCUT2D eigenvalue weighted by Crippen LogP contribution is 2.23. The summed E-state index contributed by atoms with van der Waals surface area (Å²) in [6.07, 6.45) is 0.